The van der Waals surface area contributed by atoms with E-state index in [1.54, 1.807) is 10.7 Å². The third-order valence-corrected chi connectivity index (χ3v) is 3.07. The molecule has 0 atom stereocenters. The first-order valence-electron chi connectivity index (χ1n) is 6.09. The zero-order valence-corrected chi connectivity index (χ0v) is 10.5. The molecular formula is C16H13FN2. The van der Waals surface area contributed by atoms with Crippen LogP contribution in [-0.2, 0) is 7.05 Å². The molecule has 3 rings (SSSR count). The van der Waals surface area contributed by atoms with E-state index < -0.39 is 0 Å². The Morgan fingerprint density at radius 3 is 2.37 bits per heavy atom. The molecule has 0 amide bonds. The summed E-state index contributed by atoms with van der Waals surface area (Å²) in [5.41, 5.74) is 3.68. The molecule has 0 saturated carbocycles. The zero-order chi connectivity index (χ0) is 13.2. The number of hydrogen-bond donors (Lipinski definition) is 0. The van der Waals surface area contributed by atoms with Gasteiger partial charge < -0.3 is 0 Å². The molecule has 0 N–H and O–H groups in total. The molecule has 0 spiro atoms. The van der Waals surface area contributed by atoms with Gasteiger partial charge in [-0.05, 0) is 18.2 Å². The van der Waals surface area contributed by atoms with Crippen LogP contribution in [0.4, 0.5) is 4.39 Å². The molecule has 0 aliphatic heterocycles. The highest BCUT2D eigenvalue weighted by atomic mass is 19.1. The Bertz CT molecular complexity index is 702. The van der Waals surface area contributed by atoms with Gasteiger partial charge in [-0.3, -0.25) is 4.68 Å². The summed E-state index contributed by atoms with van der Waals surface area (Å²) in [4.78, 5) is 0. The molecular weight excluding hydrogens is 239 g/mol. The van der Waals surface area contributed by atoms with Gasteiger partial charge in [0, 0.05) is 18.2 Å². The van der Waals surface area contributed by atoms with Crippen LogP contribution in [0.1, 0.15) is 0 Å². The number of hydrogen-bond acceptors (Lipinski definition) is 1. The van der Waals surface area contributed by atoms with Crippen LogP contribution in [0.2, 0.25) is 0 Å². The fraction of sp³-hybridized carbons (Fsp3) is 0.0625. The Morgan fingerprint density at radius 2 is 1.63 bits per heavy atom. The second-order valence-electron chi connectivity index (χ2n) is 4.41. The topological polar surface area (TPSA) is 17.8 Å². The first kappa shape index (κ1) is 11.7. The van der Waals surface area contributed by atoms with Crippen molar-refractivity contribution in [1.82, 2.24) is 9.78 Å². The van der Waals surface area contributed by atoms with E-state index in [1.807, 2.05) is 49.5 Å². The van der Waals surface area contributed by atoms with Gasteiger partial charge in [0.2, 0.25) is 0 Å². The van der Waals surface area contributed by atoms with Crippen LogP contribution in [0, 0.1) is 5.82 Å². The number of aryl methyl sites for hydroxylation is 1. The standard InChI is InChI=1S/C16H13FN2/c1-19-16(13-8-5-9-14(17)10-13)11-15(18-19)12-6-3-2-4-7-12/h2-11H,1H3. The Morgan fingerprint density at radius 1 is 0.895 bits per heavy atom. The van der Waals surface area contributed by atoms with Crippen LogP contribution in [0.25, 0.3) is 22.5 Å². The first-order chi connectivity index (χ1) is 9.24. The van der Waals surface area contributed by atoms with Crippen molar-refractivity contribution in [2.45, 2.75) is 0 Å². The minimum atomic E-state index is -0.236. The van der Waals surface area contributed by atoms with Crippen molar-refractivity contribution in [3.8, 4) is 22.5 Å². The zero-order valence-electron chi connectivity index (χ0n) is 10.5. The van der Waals surface area contributed by atoms with Crippen LogP contribution < -0.4 is 0 Å². The molecule has 2 nitrogen and oxygen atoms in total. The molecule has 0 bridgehead atoms. The predicted molar refractivity (Wildman–Crippen MR) is 74.0 cm³/mol. The number of benzene rings is 2. The number of halogens is 1. The van der Waals surface area contributed by atoms with Crippen molar-refractivity contribution in [3.63, 3.8) is 0 Å². The van der Waals surface area contributed by atoms with Crippen molar-refractivity contribution in [3.05, 3.63) is 66.5 Å². The smallest absolute Gasteiger partial charge is 0.123 e. The van der Waals surface area contributed by atoms with Gasteiger partial charge in [0.25, 0.3) is 0 Å². The van der Waals surface area contributed by atoms with Gasteiger partial charge in [-0.15, -0.1) is 0 Å². The van der Waals surface area contributed by atoms with Crippen LogP contribution in [0.5, 0.6) is 0 Å². The Balaban J connectivity index is 2.08. The SMILES string of the molecule is Cn1nc(-c2ccccc2)cc1-c1cccc(F)c1. The molecule has 2 aromatic carbocycles. The predicted octanol–water partition coefficient (Wildman–Crippen LogP) is 3.89. The summed E-state index contributed by atoms with van der Waals surface area (Å²) in [6.07, 6.45) is 0. The number of nitrogens with zero attached hydrogens (tertiary/aromatic N) is 2. The van der Waals surface area contributed by atoms with E-state index in [-0.39, 0.29) is 5.82 Å². The minimum absolute atomic E-state index is 0.236. The maximum Gasteiger partial charge on any atom is 0.123 e. The van der Waals surface area contributed by atoms with E-state index in [1.165, 1.54) is 12.1 Å². The molecule has 0 aliphatic rings. The van der Waals surface area contributed by atoms with E-state index in [9.17, 15) is 4.39 Å². The fourth-order valence-corrected chi connectivity index (χ4v) is 2.14. The highest BCUT2D eigenvalue weighted by Crippen LogP contribution is 2.25. The lowest BCUT2D eigenvalue weighted by Gasteiger charge is -2.00. The van der Waals surface area contributed by atoms with Crippen LogP contribution in [0.3, 0.4) is 0 Å². The number of rotatable bonds is 2. The summed E-state index contributed by atoms with van der Waals surface area (Å²) in [6, 6.07) is 18.5. The largest absolute Gasteiger partial charge is 0.267 e. The summed E-state index contributed by atoms with van der Waals surface area (Å²) in [6.45, 7) is 0. The molecule has 94 valence electrons. The van der Waals surface area contributed by atoms with Crippen molar-refractivity contribution in [1.29, 1.82) is 0 Å². The van der Waals surface area contributed by atoms with Crippen molar-refractivity contribution in [2.24, 2.45) is 7.05 Å². The van der Waals surface area contributed by atoms with Gasteiger partial charge in [-0.25, -0.2) is 4.39 Å². The Labute approximate surface area is 111 Å². The van der Waals surface area contributed by atoms with Crippen LogP contribution >= 0.6 is 0 Å². The van der Waals surface area contributed by atoms with Crippen LogP contribution in [-0.4, -0.2) is 9.78 Å². The molecule has 3 aromatic rings. The molecule has 0 saturated heterocycles. The second-order valence-corrected chi connectivity index (χ2v) is 4.41. The summed E-state index contributed by atoms with van der Waals surface area (Å²) in [5, 5.41) is 4.48. The van der Waals surface area contributed by atoms with E-state index in [2.05, 4.69) is 5.10 Å². The molecule has 0 radical (unpaired) electrons. The molecule has 0 unspecified atom stereocenters. The average molecular weight is 252 g/mol. The highest BCUT2D eigenvalue weighted by Gasteiger charge is 2.09. The molecule has 1 heterocycles. The maximum atomic E-state index is 13.3. The van der Waals surface area contributed by atoms with E-state index in [4.69, 9.17) is 0 Å². The van der Waals surface area contributed by atoms with E-state index in [0.717, 1.165) is 22.5 Å². The molecule has 0 fully saturated rings. The van der Waals surface area contributed by atoms with Crippen molar-refractivity contribution in [2.75, 3.05) is 0 Å². The van der Waals surface area contributed by atoms with Crippen molar-refractivity contribution >= 4 is 0 Å². The lowest BCUT2D eigenvalue weighted by Crippen LogP contribution is -1.94. The van der Waals surface area contributed by atoms with E-state index in [0.29, 0.717) is 0 Å². The maximum absolute atomic E-state index is 13.3. The lowest BCUT2D eigenvalue weighted by atomic mass is 10.1. The van der Waals surface area contributed by atoms with Crippen molar-refractivity contribution < 1.29 is 4.39 Å². The molecule has 1 aromatic heterocycles. The summed E-state index contributed by atoms with van der Waals surface area (Å²) in [5.74, 6) is -0.236. The fourth-order valence-electron chi connectivity index (χ4n) is 2.14. The van der Waals surface area contributed by atoms with Gasteiger partial charge in [-0.2, -0.15) is 5.10 Å². The Hall–Kier alpha value is -2.42. The normalized spacial score (nSPS) is 10.6. The van der Waals surface area contributed by atoms with Gasteiger partial charge in [0.15, 0.2) is 0 Å². The highest BCUT2D eigenvalue weighted by molar-refractivity contribution is 5.68. The molecule has 3 heteroatoms. The summed E-state index contributed by atoms with van der Waals surface area (Å²) in [7, 11) is 1.87. The van der Waals surface area contributed by atoms with Gasteiger partial charge >= 0.3 is 0 Å². The second kappa shape index (κ2) is 4.69. The molecule has 19 heavy (non-hydrogen) atoms. The quantitative estimate of drug-likeness (QED) is 0.676. The third kappa shape index (κ3) is 2.27. The molecule has 0 aliphatic carbocycles. The lowest BCUT2D eigenvalue weighted by molar-refractivity contribution is 0.628. The minimum Gasteiger partial charge on any atom is -0.267 e. The van der Waals surface area contributed by atoms with Crippen LogP contribution in [0.15, 0.2) is 60.7 Å². The van der Waals surface area contributed by atoms with Gasteiger partial charge in [0.05, 0.1) is 11.4 Å². The van der Waals surface area contributed by atoms with Gasteiger partial charge in [-0.1, -0.05) is 42.5 Å². The number of aromatic nitrogens is 2. The summed E-state index contributed by atoms with van der Waals surface area (Å²) >= 11 is 0. The Kier molecular flexibility index (Phi) is 2.88. The summed E-state index contributed by atoms with van der Waals surface area (Å²) < 4.78 is 15.1. The monoisotopic (exact) mass is 252 g/mol. The first-order valence-corrected chi connectivity index (χ1v) is 6.09. The van der Waals surface area contributed by atoms with E-state index >= 15 is 0 Å². The average Bonchev–Trinajstić information content (AvgIpc) is 2.82. The third-order valence-electron chi connectivity index (χ3n) is 3.07. The van der Waals surface area contributed by atoms with Gasteiger partial charge in [0.1, 0.15) is 5.82 Å².